The molecule has 0 aliphatic heterocycles. The van der Waals surface area contributed by atoms with Gasteiger partial charge in [0.05, 0.1) is 6.61 Å². The zero-order chi connectivity index (χ0) is 14.1. The topological polar surface area (TPSA) is 47.0 Å². The molecule has 1 aromatic heterocycles. The number of hydrogen-bond donors (Lipinski definition) is 1. The fourth-order valence-electron chi connectivity index (χ4n) is 1.73. The first-order valence-electron chi connectivity index (χ1n) is 7.34. The van der Waals surface area contributed by atoms with Gasteiger partial charge in [0.15, 0.2) is 0 Å². The SMILES string of the molecule is CCCCCCNc1cc(OCC(C)C)nc(C)n1. The number of rotatable bonds is 9. The largest absolute Gasteiger partial charge is 0.477 e. The van der Waals surface area contributed by atoms with Gasteiger partial charge in [0.1, 0.15) is 11.6 Å². The summed E-state index contributed by atoms with van der Waals surface area (Å²) in [6.45, 7) is 10.0. The molecule has 0 unspecified atom stereocenters. The van der Waals surface area contributed by atoms with E-state index >= 15 is 0 Å². The molecule has 0 aliphatic rings. The van der Waals surface area contributed by atoms with E-state index in [1.165, 1.54) is 25.7 Å². The molecule has 0 aromatic carbocycles. The molecule has 1 aromatic rings. The van der Waals surface area contributed by atoms with E-state index in [9.17, 15) is 0 Å². The number of ether oxygens (including phenoxy) is 1. The standard InChI is InChI=1S/C15H27N3O/c1-5-6-7-8-9-16-14-10-15(18-13(4)17-14)19-11-12(2)3/h10,12H,5-9,11H2,1-4H3,(H,16,17,18). The van der Waals surface area contributed by atoms with Crippen LogP contribution in [0.1, 0.15) is 52.3 Å². The van der Waals surface area contributed by atoms with Crippen molar-refractivity contribution in [3.05, 3.63) is 11.9 Å². The molecular weight excluding hydrogens is 238 g/mol. The van der Waals surface area contributed by atoms with Crippen molar-refractivity contribution >= 4 is 5.82 Å². The quantitative estimate of drug-likeness (QED) is 0.690. The van der Waals surface area contributed by atoms with Crippen molar-refractivity contribution < 1.29 is 4.74 Å². The number of nitrogens with zero attached hydrogens (tertiary/aromatic N) is 2. The average molecular weight is 265 g/mol. The summed E-state index contributed by atoms with van der Waals surface area (Å²) in [6.07, 6.45) is 5.01. The highest BCUT2D eigenvalue weighted by atomic mass is 16.5. The van der Waals surface area contributed by atoms with E-state index in [4.69, 9.17) is 4.74 Å². The molecule has 1 rings (SSSR count). The minimum absolute atomic E-state index is 0.501. The summed E-state index contributed by atoms with van der Waals surface area (Å²) in [4.78, 5) is 8.67. The van der Waals surface area contributed by atoms with Gasteiger partial charge in [-0.2, -0.15) is 4.98 Å². The summed E-state index contributed by atoms with van der Waals surface area (Å²) in [5.41, 5.74) is 0. The van der Waals surface area contributed by atoms with Gasteiger partial charge in [-0.3, -0.25) is 0 Å². The maximum atomic E-state index is 5.64. The second-order valence-electron chi connectivity index (χ2n) is 5.33. The van der Waals surface area contributed by atoms with Crippen LogP contribution in [0.5, 0.6) is 5.88 Å². The first-order valence-corrected chi connectivity index (χ1v) is 7.34. The van der Waals surface area contributed by atoms with Crippen LogP contribution >= 0.6 is 0 Å². The third-order valence-electron chi connectivity index (χ3n) is 2.72. The molecular formula is C15H27N3O. The number of aryl methyl sites for hydroxylation is 1. The summed E-state index contributed by atoms with van der Waals surface area (Å²) in [5.74, 6) is 2.78. The van der Waals surface area contributed by atoms with E-state index in [2.05, 4.69) is 36.1 Å². The number of unbranched alkanes of at least 4 members (excludes halogenated alkanes) is 3. The molecule has 19 heavy (non-hydrogen) atoms. The summed E-state index contributed by atoms with van der Waals surface area (Å²) < 4.78 is 5.64. The maximum Gasteiger partial charge on any atom is 0.218 e. The lowest BCUT2D eigenvalue weighted by Gasteiger charge is -2.11. The number of aromatic nitrogens is 2. The van der Waals surface area contributed by atoms with Gasteiger partial charge in [-0.25, -0.2) is 4.98 Å². The van der Waals surface area contributed by atoms with Crippen LogP contribution in [-0.4, -0.2) is 23.1 Å². The molecule has 1 heterocycles. The van der Waals surface area contributed by atoms with Crippen LogP contribution in [0, 0.1) is 12.8 Å². The van der Waals surface area contributed by atoms with Crippen LogP contribution in [0.15, 0.2) is 6.07 Å². The monoisotopic (exact) mass is 265 g/mol. The van der Waals surface area contributed by atoms with Crippen molar-refractivity contribution in [2.24, 2.45) is 5.92 Å². The lowest BCUT2D eigenvalue weighted by Crippen LogP contribution is -2.09. The number of anilines is 1. The van der Waals surface area contributed by atoms with E-state index in [1.54, 1.807) is 0 Å². The van der Waals surface area contributed by atoms with Crippen LogP contribution in [0.4, 0.5) is 5.82 Å². The fourth-order valence-corrected chi connectivity index (χ4v) is 1.73. The first kappa shape index (κ1) is 15.7. The van der Waals surface area contributed by atoms with Gasteiger partial charge in [-0.05, 0) is 19.3 Å². The molecule has 4 heteroatoms. The predicted molar refractivity (Wildman–Crippen MR) is 79.7 cm³/mol. The van der Waals surface area contributed by atoms with E-state index in [-0.39, 0.29) is 0 Å². The van der Waals surface area contributed by atoms with Gasteiger partial charge in [0, 0.05) is 12.6 Å². The second-order valence-corrected chi connectivity index (χ2v) is 5.33. The maximum absolute atomic E-state index is 5.64. The van der Waals surface area contributed by atoms with Crippen molar-refractivity contribution in [1.82, 2.24) is 9.97 Å². The van der Waals surface area contributed by atoms with Crippen LogP contribution in [0.2, 0.25) is 0 Å². The zero-order valence-electron chi connectivity index (χ0n) is 12.7. The lowest BCUT2D eigenvalue weighted by molar-refractivity contribution is 0.260. The Labute approximate surface area is 117 Å². The molecule has 108 valence electrons. The molecule has 0 fully saturated rings. The Balaban J connectivity index is 2.44. The number of hydrogen-bond acceptors (Lipinski definition) is 4. The molecule has 0 bridgehead atoms. The van der Waals surface area contributed by atoms with Crippen molar-refractivity contribution in [3.63, 3.8) is 0 Å². The van der Waals surface area contributed by atoms with Crippen molar-refractivity contribution in [2.75, 3.05) is 18.5 Å². The minimum atomic E-state index is 0.501. The van der Waals surface area contributed by atoms with E-state index in [0.29, 0.717) is 18.4 Å². The molecule has 1 N–H and O–H groups in total. The van der Waals surface area contributed by atoms with E-state index in [1.807, 2.05) is 13.0 Å². The molecule has 0 spiro atoms. The molecule has 0 saturated heterocycles. The third kappa shape index (κ3) is 6.99. The summed E-state index contributed by atoms with van der Waals surface area (Å²) in [5, 5.41) is 3.34. The molecule has 0 atom stereocenters. The van der Waals surface area contributed by atoms with E-state index < -0.39 is 0 Å². The normalized spacial score (nSPS) is 10.8. The van der Waals surface area contributed by atoms with Crippen LogP contribution in [0.25, 0.3) is 0 Å². The second kappa shape index (κ2) is 8.73. The van der Waals surface area contributed by atoms with E-state index in [0.717, 1.165) is 18.2 Å². The third-order valence-corrected chi connectivity index (χ3v) is 2.72. The van der Waals surface area contributed by atoms with Gasteiger partial charge in [-0.15, -0.1) is 0 Å². The van der Waals surface area contributed by atoms with Gasteiger partial charge in [0.2, 0.25) is 5.88 Å². The fraction of sp³-hybridized carbons (Fsp3) is 0.733. The Kier molecular flexibility index (Phi) is 7.23. The zero-order valence-corrected chi connectivity index (χ0v) is 12.7. The Morgan fingerprint density at radius 3 is 2.68 bits per heavy atom. The summed E-state index contributed by atoms with van der Waals surface area (Å²) in [7, 11) is 0. The minimum Gasteiger partial charge on any atom is -0.477 e. The molecule has 0 saturated carbocycles. The van der Waals surface area contributed by atoms with Gasteiger partial charge in [0.25, 0.3) is 0 Å². The highest BCUT2D eigenvalue weighted by Crippen LogP contribution is 2.14. The smallest absolute Gasteiger partial charge is 0.218 e. The van der Waals surface area contributed by atoms with Gasteiger partial charge >= 0.3 is 0 Å². The molecule has 0 amide bonds. The highest BCUT2D eigenvalue weighted by Gasteiger charge is 2.03. The van der Waals surface area contributed by atoms with Crippen LogP contribution in [0.3, 0.4) is 0 Å². The summed E-state index contributed by atoms with van der Waals surface area (Å²) in [6, 6.07) is 1.88. The molecule has 0 radical (unpaired) electrons. The molecule has 0 aliphatic carbocycles. The van der Waals surface area contributed by atoms with Crippen LogP contribution < -0.4 is 10.1 Å². The van der Waals surface area contributed by atoms with Gasteiger partial charge < -0.3 is 10.1 Å². The van der Waals surface area contributed by atoms with Crippen LogP contribution in [-0.2, 0) is 0 Å². The van der Waals surface area contributed by atoms with Gasteiger partial charge in [-0.1, -0.05) is 40.0 Å². The highest BCUT2D eigenvalue weighted by molar-refractivity contribution is 5.38. The van der Waals surface area contributed by atoms with Crippen molar-refractivity contribution in [3.8, 4) is 5.88 Å². The summed E-state index contributed by atoms with van der Waals surface area (Å²) >= 11 is 0. The average Bonchev–Trinajstić information content (AvgIpc) is 2.35. The van der Waals surface area contributed by atoms with Crippen molar-refractivity contribution in [1.29, 1.82) is 0 Å². The van der Waals surface area contributed by atoms with Crippen molar-refractivity contribution in [2.45, 2.75) is 53.4 Å². The molecule has 4 nitrogen and oxygen atoms in total. The number of nitrogens with one attached hydrogen (secondary N) is 1. The Hall–Kier alpha value is -1.32. The predicted octanol–water partition coefficient (Wildman–Crippen LogP) is 3.81. The first-order chi connectivity index (χ1) is 9.11. The Morgan fingerprint density at radius 1 is 1.21 bits per heavy atom. The lowest BCUT2D eigenvalue weighted by atomic mass is 10.2. The Morgan fingerprint density at radius 2 is 2.00 bits per heavy atom. The Bertz CT molecular complexity index is 366.